The lowest BCUT2D eigenvalue weighted by molar-refractivity contribution is 0.139. The minimum Gasteiger partial charge on any atom is -0.492 e. The van der Waals surface area contributed by atoms with E-state index in [1.54, 1.807) is 0 Å². The van der Waals surface area contributed by atoms with E-state index in [0.717, 1.165) is 29.7 Å². The largest absolute Gasteiger partial charge is 0.492 e. The van der Waals surface area contributed by atoms with Crippen molar-refractivity contribution in [1.82, 2.24) is 4.90 Å². The van der Waals surface area contributed by atoms with Crippen molar-refractivity contribution in [2.75, 3.05) is 26.3 Å². The summed E-state index contributed by atoms with van der Waals surface area (Å²) >= 11 is 3.42. The van der Waals surface area contributed by atoms with Crippen molar-refractivity contribution >= 4 is 15.9 Å². The third kappa shape index (κ3) is 3.69. The van der Waals surface area contributed by atoms with Gasteiger partial charge in [0.05, 0.1) is 6.61 Å². The smallest absolute Gasteiger partial charge is 0.120 e. The molecular formula is C13H18BrNO2. The summed E-state index contributed by atoms with van der Waals surface area (Å²) in [7, 11) is 0. The van der Waals surface area contributed by atoms with Gasteiger partial charge in [-0.05, 0) is 37.6 Å². The topological polar surface area (TPSA) is 32.7 Å². The van der Waals surface area contributed by atoms with E-state index in [4.69, 9.17) is 4.74 Å². The second kappa shape index (κ2) is 6.38. The highest BCUT2D eigenvalue weighted by atomic mass is 79.9. The van der Waals surface area contributed by atoms with Gasteiger partial charge in [0, 0.05) is 17.1 Å². The summed E-state index contributed by atoms with van der Waals surface area (Å²) in [6.45, 7) is 2.90. The number of nitrogens with zero attached hydrogens (tertiary/aromatic N) is 1. The molecule has 4 heteroatoms. The van der Waals surface area contributed by atoms with Gasteiger partial charge in [-0.25, -0.2) is 0 Å². The molecular weight excluding hydrogens is 282 g/mol. The molecule has 1 aromatic rings. The van der Waals surface area contributed by atoms with Crippen molar-refractivity contribution in [2.45, 2.75) is 18.9 Å². The summed E-state index contributed by atoms with van der Waals surface area (Å²) in [5, 5.41) is 9.20. The van der Waals surface area contributed by atoms with E-state index in [1.165, 1.54) is 6.42 Å². The Morgan fingerprint density at radius 3 is 3.12 bits per heavy atom. The van der Waals surface area contributed by atoms with Crippen molar-refractivity contribution in [2.24, 2.45) is 0 Å². The lowest BCUT2D eigenvalue weighted by Crippen LogP contribution is -2.35. The van der Waals surface area contributed by atoms with E-state index in [1.807, 2.05) is 24.3 Å². The molecule has 1 aliphatic rings. The molecule has 1 fully saturated rings. The Bertz CT molecular complexity index is 359. The third-order valence-electron chi connectivity index (χ3n) is 3.15. The molecule has 0 radical (unpaired) electrons. The van der Waals surface area contributed by atoms with Crippen molar-refractivity contribution in [3.8, 4) is 5.75 Å². The molecule has 0 saturated carbocycles. The number of rotatable bonds is 5. The molecule has 1 aromatic carbocycles. The predicted octanol–water partition coefficient (Wildman–Crippen LogP) is 2.28. The first-order valence-corrected chi connectivity index (χ1v) is 6.82. The van der Waals surface area contributed by atoms with E-state index < -0.39 is 0 Å². The Kier molecular flexibility index (Phi) is 4.83. The predicted molar refractivity (Wildman–Crippen MR) is 71.3 cm³/mol. The van der Waals surface area contributed by atoms with Crippen LogP contribution in [-0.4, -0.2) is 42.4 Å². The molecule has 1 N–H and O–H groups in total. The quantitative estimate of drug-likeness (QED) is 0.905. The Labute approximate surface area is 111 Å². The Hall–Kier alpha value is -0.580. The summed E-state index contributed by atoms with van der Waals surface area (Å²) < 4.78 is 6.72. The number of ether oxygens (including phenoxy) is 1. The van der Waals surface area contributed by atoms with Gasteiger partial charge in [-0.3, -0.25) is 4.90 Å². The number of benzene rings is 1. The van der Waals surface area contributed by atoms with E-state index in [0.29, 0.717) is 12.6 Å². The van der Waals surface area contributed by atoms with Crippen LogP contribution >= 0.6 is 15.9 Å². The highest BCUT2D eigenvalue weighted by molar-refractivity contribution is 9.10. The fourth-order valence-corrected chi connectivity index (χ4v) is 2.61. The normalized spacial score (nSPS) is 20.7. The molecule has 1 aliphatic heterocycles. The summed E-state index contributed by atoms with van der Waals surface area (Å²) in [6.07, 6.45) is 2.29. The third-order valence-corrected chi connectivity index (χ3v) is 3.65. The van der Waals surface area contributed by atoms with Gasteiger partial charge in [-0.1, -0.05) is 22.0 Å². The zero-order valence-corrected chi connectivity index (χ0v) is 11.4. The van der Waals surface area contributed by atoms with Crippen LogP contribution in [0.2, 0.25) is 0 Å². The zero-order valence-electron chi connectivity index (χ0n) is 9.81. The summed E-state index contributed by atoms with van der Waals surface area (Å²) in [5.74, 6) is 0.888. The first-order chi connectivity index (χ1) is 8.29. The molecule has 0 amide bonds. The minimum absolute atomic E-state index is 0.261. The number of hydrogen-bond acceptors (Lipinski definition) is 3. The van der Waals surface area contributed by atoms with Crippen LogP contribution in [0.4, 0.5) is 0 Å². The van der Waals surface area contributed by atoms with Gasteiger partial charge in [0.25, 0.3) is 0 Å². The highest BCUT2D eigenvalue weighted by Gasteiger charge is 2.22. The SMILES string of the molecule is OC[C@@H]1CCCN1CCOc1cccc(Br)c1. The molecule has 17 heavy (non-hydrogen) atoms. The molecule has 0 aliphatic carbocycles. The summed E-state index contributed by atoms with van der Waals surface area (Å²) in [6, 6.07) is 8.20. The van der Waals surface area contributed by atoms with Crippen molar-refractivity contribution < 1.29 is 9.84 Å². The summed E-state index contributed by atoms with van der Waals surface area (Å²) in [4.78, 5) is 2.30. The van der Waals surface area contributed by atoms with Gasteiger partial charge in [0.2, 0.25) is 0 Å². The fourth-order valence-electron chi connectivity index (χ4n) is 2.23. The molecule has 2 rings (SSSR count). The van der Waals surface area contributed by atoms with E-state index in [-0.39, 0.29) is 6.61 Å². The van der Waals surface area contributed by atoms with Crippen LogP contribution in [0.3, 0.4) is 0 Å². The molecule has 94 valence electrons. The maximum Gasteiger partial charge on any atom is 0.120 e. The van der Waals surface area contributed by atoms with Crippen LogP contribution in [0.15, 0.2) is 28.7 Å². The number of likely N-dealkylation sites (tertiary alicyclic amines) is 1. The van der Waals surface area contributed by atoms with Crippen LogP contribution in [0.25, 0.3) is 0 Å². The van der Waals surface area contributed by atoms with Crippen LogP contribution < -0.4 is 4.74 Å². The molecule has 0 aromatic heterocycles. The van der Waals surface area contributed by atoms with E-state index >= 15 is 0 Å². The molecule has 1 heterocycles. The van der Waals surface area contributed by atoms with Crippen molar-refractivity contribution in [3.63, 3.8) is 0 Å². The molecule has 1 atom stereocenters. The van der Waals surface area contributed by atoms with Gasteiger partial charge in [-0.15, -0.1) is 0 Å². The lowest BCUT2D eigenvalue weighted by Gasteiger charge is -2.22. The second-order valence-corrected chi connectivity index (χ2v) is 5.24. The van der Waals surface area contributed by atoms with Crippen LogP contribution in [-0.2, 0) is 0 Å². The first-order valence-electron chi connectivity index (χ1n) is 6.03. The lowest BCUT2D eigenvalue weighted by atomic mass is 10.2. The minimum atomic E-state index is 0.261. The Balaban J connectivity index is 1.76. The van der Waals surface area contributed by atoms with E-state index in [9.17, 15) is 5.11 Å². The molecule has 1 saturated heterocycles. The maximum atomic E-state index is 9.20. The van der Waals surface area contributed by atoms with Gasteiger partial charge >= 0.3 is 0 Å². The maximum absolute atomic E-state index is 9.20. The van der Waals surface area contributed by atoms with Crippen molar-refractivity contribution in [3.05, 3.63) is 28.7 Å². The Morgan fingerprint density at radius 2 is 2.35 bits per heavy atom. The molecule has 0 bridgehead atoms. The number of aliphatic hydroxyl groups excluding tert-OH is 1. The Morgan fingerprint density at radius 1 is 1.47 bits per heavy atom. The standard InChI is InChI=1S/C13H18BrNO2/c14-11-3-1-5-13(9-11)17-8-7-15-6-2-4-12(15)10-16/h1,3,5,9,12,16H,2,4,6-8,10H2/t12-/m0/s1. The number of halogens is 1. The van der Waals surface area contributed by atoms with Crippen LogP contribution in [0.5, 0.6) is 5.75 Å². The van der Waals surface area contributed by atoms with Crippen molar-refractivity contribution in [1.29, 1.82) is 0 Å². The number of hydrogen-bond donors (Lipinski definition) is 1. The first kappa shape index (κ1) is 12.9. The molecule has 3 nitrogen and oxygen atoms in total. The molecule has 0 spiro atoms. The zero-order chi connectivity index (χ0) is 12.1. The summed E-state index contributed by atoms with van der Waals surface area (Å²) in [5.41, 5.74) is 0. The van der Waals surface area contributed by atoms with Crippen LogP contribution in [0, 0.1) is 0 Å². The number of aliphatic hydroxyl groups is 1. The van der Waals surface area contributed by atoms with Gasteiger partial charge < -0.3 is 9.84 Å². The monoisotopic (exact) mass is 299 g/mol. The molecule has 0 unspecified atom stereocenters. The second-order valence-electron chi connectivity index (χ2n) is 4.32. The highest BCUT2D eigenvalue weighted by Crippen LogP contribution is 2.19. The van der Waals surface area contributed by atoms with Gasteiger partial charge in [0.1, 0.15) is 12.4 Å². The fraction of sp³-hybridized carbons (Fsp3) is 0.538. The van der Waals surface area contributed by atoms with Gasteiger partial charge in [-0.2, -0.15) is 0 Å². The average molecular weight is 300 g/mol. The average Bonchev–Trinajstić information content (AvgIpc) is 2.77. The van der Waals surface area contributed by atoms with Gasteiger partial charge in [0.15, 0.2) is 0 Å². The van der Waals surface area contributed by atoms with E-state index in [2.05, 4.69) is 20.8 Å². The van der Waals surface area contributed by atoms with Crippen LogP contribution in [0.1, 0.15) is 12.8 Å².